The van der Waals surface area contributed by atoms with Crippen LogP contribution in [0.15, 0.2) is 41.1 Å². The molecule has 0 aliphatic carbocycles. The fourth-order valence-electron chi connectivity index (χ4n) is 2.46. The smallest absolute Gasteiger partial charge is 0.00226 e. The number of nitrogens with one attached hydrogen (secondary N) is 1. The summed E-state index contributed by atoms with van der Waals surface area (Å²) < 4.78 is 0. The van der Waals surface area contributed by atoms with Crippen molar-refractivity contribution < 1.29 is 0 Å². The van der Waals surface area contributed by atoms with Crippen LogP contribution in [0.3, 0.4) is 0 Å². The SMILES string of the molecule is Cc1cccc(C(CCc2ccsc2)CNC(C)C)c1. The summed E-state index contributed by atoms with van der Waals surface area (Å²) in [5.41, 5.74) is 4.29. The highest BCUT2D eigenvalue weighted by atomic mass is 32.1. The molecule has 2 aromatic rings. The first-order valence-electron chi connectivity index (χ1n) is 7.46. The predicted octanol–water partition coefficient (Wildman–Crippen LogP) is 4.77. The molecule has 1 aromatic heterocycles. The molecule has 1 unspecified atom stereocenters. The van der Waals surface area contributed by atoms with Crippen molar-refractivity contribution in [1.29, 1.82) is 0 Å². The highest BCUT2D eigenvalue weighted by Crippen LogP contribution is 2.23. The van der Waals surface area contributed by atoms with E-state index in [9.17, 15) is 0 Å². The maximum absolute atomic E-state index is 3.60. The zero-order valence-electron chi connectivity index (χ0n) is 12.7. The molecule has 0 saturated carbocycles. The van der Waals surface area contributed by atoms with Crippen LogP contribution in [-0.4, -0.2) is 12.6 Å². The predicted molar refractivity (Wildman–Crippen MR) is 89.7 cm³/mol. The maximum Gasteiger partial charge on any atom is 0.00226 e. The third-order valence-electron chi connectivity index (χ3n) is 3.65. The van der Waals surface area contributed by atoms with Crippen LogP contribution in [0.25, 0.3) is 0 Å². The van der Waals surface area contributed by atoms with Gasteiger partial charge >= 0.3 is 0 Å². The molecule has 0 aliphatic rings. The van der Waals surface area contributed by atoms with E-state index in [-0.39, 0.29) is 0 Å². The molecular weight excluding hydrogens is 262 g/mol. The molecule has 0 saturated heterocycles. The fourth-order valence-corrected chi connectivity index (χ4v) is 3.17. The second-order valence-corrected chi connectivity index (χ2v) is 6.62. The van der Waals surface area contributed by atoms with Gasteiger partial charge in [0.15, 0.2) is 0 Å². The maximum atomic E-state index is 3.60. The molecule has 1 nitrogen and oxygen atoms in total. The third-order valence-corrected chi connectivity index (χ3v) is 4.38. The average molecular weight is 287 g/mol. The zero-order valence-corrected chi connectivity index (χ0v) is 13.5. The first kappa shape index (κ1) is 15.3. The van der Waals surface area contributed by atoms with E-state index in [2.05, 4.69) is 67.2 Å². The monoisotopic (exact) mass is 287 g/mol. The highest BCUT2D eigenvalue weighted by Gasteiger charge is 2.12. The standard InChI is InChI=1S/C18H25NS/c1-14(2)19-12-18(8-7-16-9-10-20-13-16)17-6-4-5-15(3)11-17/h4-6,9-11,13-14,18-19H,7-8,12H2,1-3H3. The summed E-state index contributed by atoms with van der Waals surface area (Å²) in [6.45, 7) is 7.67. The Balaban J connectivity index is 2.03. The summed E-state index contributed by atoms with van der Waals surface area (Å²) >= 11 is 1.79. The molecule has 108 valence electrons. The molecule has 0 radical (unpaired) electrons. The van der Waals surface area contributed by atoms with Crippen LogP contribution in [0.4, 0.5) is 0 Å². The van der Waals surface area contributed by atoms with E-state index in [1.807, 2.05) is 0 Å². The van der Waals surface area contributed by atoms with Gasteiger partial charge in [-0.1, -0.05) is 43.7 Å². The molecule has 1 N–H and O–H groups in total. The summed E-state index contributed by atoms with van der Waals surface area (Å²) in [6.07, 6.45) is 2.38. The van der Waals surface area contributed by atoms with E-state index < -0.39 is 0 Å². The molecule has 0 aliphatic heterocycles. The van der Waals surface area contributed by atoms with Crippen LogP contribution in [0.2, 0.25) is 0 Å². The largest absolute Gasteiger partial charge is 0.314 e. The lowest BCUT2D eigenvalue weighted by Crippen LogP contribution is -2.28. The Morgan fingerprint density at radius 2 is 2.05 bits per heavy atom. The Labute approximate surface area is 127 Å². The second-order valence-electron chi connectivity index (χ2n) is 5.84. The molecule has 2 rings (SSSR count). The Kier molecular flexibility index (Phi) is 5.81. The first-order valence-corrected chi connectivity index (χ1v) is 8.40. The first-order chi connectivity index (χ1) is 9.65. The number of hydrogen-bond donors (Lipinski definition) is 1. The minimum Gasteiger partial charge on any atom is -0.314 e. The van der Waals surface area contributed by atoms with Gasteiger partial charge in [-0.15, -0.1) is 0 Å². The van der Waals surface area contributed by atoms with Gasteiger partial charge in [0.25, 0.3) is 0 Å². The van der Waals surface area contributed by atoms with Crippen LogP contribution in [0.1, 0.15) is 42.9 Å². The lowest BCUT2D eigenvalue weighted by Gasteiger charge is -2.20. The van der Waals surface area contributed by atoms with Gasteiger partial charge in [0.2, 0.25) is 0 Å². The third kappa shape index (κ3) is 4.77. The van der Waals surface area contributed by atoms with Gasteiger partial charge in [-0.3, -0.25) is 0 Å². The zero-order chi connectivity index (χ0) is 14.4. The van der Waals surface area contributed by atoms with Crippen LogP contribution in [0, 0.1) is 6.92 Å². The quantitative estimate of drug-likeness (QED) is 0.773. The van der Waals surface area contributed by atoms with Crippen molar-refractivity contribution in [1.82, 2.24) is 5.32 Å². The highest BCUT2D eigenvalue weighted by molar-refractivity contribution is 7.07. The Morgan fingerprint density at radius 3 is 2.70 bits per heavy atom. The normalized spacial score (nSPS) is 12.8. The Bertz CT molecular complexity index is 502. The van der Waals surface area contributed by atoms with E-state index in [1.54, 1.807) is 11.3 Å². The number of hydrogen-bond acceptors (Lipinski definition) is 2. The van der Waals surface area contributed by atoms with Crippen LogP contribution < -0.4 is 5.32 Å². The van der Waals surface area contributed by atoms with E-state index in [0.29, 0.717) is 12.0 Å². The molecule has 1 aromatic carbocycles. The lowest BCUT2D eigenvalue weighted by molar-refractivity contribution is 0.508. The van der Waals surface area contributed by atoms with E-state index in [1.165, 1.54) is 29.5 Å². The fraction of sp³-hybridized carbons (Fsp3) is 0.444. The van der Waals surface area contributed by atoms with Crippen molar-refractivity contribution in [3.05, 3.63) is 57.8 Å². The number of rotatable bonds is 7. The Morgan fingerprint density at radius 1 is 1.20 bits per heavy atom. The molecular formula is C18H25NS. The van der Waals surface area contributed by atoms with Crippen LogP contribution in [0.5, 0.6) is 0 Å². The van der Waals surface area contributed by atoms with Gasteiger partial charge in [-0.2, -0.15) is 11.3 Å². The molecule has 0 amide bonds. The summed E-state index contributed by atoms with van der Waals surface area (Å²) in [7, 11) is 0. The molecule has 0 fully saturated rings. The van der Waals surface area contributed by atoms with Crippen molar-refractivity contribution in [2.75, 3.05) is 6.54 Å². The minimum atomic E-state index is 0.545. The van der Waals surface area contributed by atoms with Crippen molar-refractivity contribution >= 4 is 11.3 Å². The van der Waals surface area contributed by atoms with Crippen molar-refractivity contribution in [2.24, 2.45) is 0 Å². The summed E-state index contributed by atoms with van der Waals surface area (Å²) in [6, 6.07) is 11.7. The minimum absolute atomic E-state index is 0.545. The molecule has 1 heterocycles. The lowest BCUT2D eigenvalue weighted by atomic mass is 9.91. The van der Waals surface area contributed by atoms with Crippen molar-refractivity contribution in [3.63, 3.8) is 0 Å². The van der Waals surface area contributed by atoms with Gasteiger partial charge in [0, 0.05) is 12.6 Å². The average Bonchev–Trinajstić information content (AvgIpc) is 2.91. The molecule has 1 atom stereocenters. The van der Waals surface area contributed by atoms with Crippen molar-refractivity contribution in [2.45, 2.75) is 45.6 Å². The van der Waals surface area contributed by atoms with Crippen LogP contribution in [-0.2, 0) is 6.42 Å². The summed E-state index contributed by atoms with van der Waals surface area (Å²) in [4.78, 5) is 0. The summed E-state index contributed by atoms with van der Waals surface area (Å²) in [5, 5.41) is 8.03. The number of thiophene rings is 1. The van der Waals surface area contributed by atoms with Gasteiger partial charge in [0.05, 0.1) is 0 Å². The summed E-state index contributed by atoms with van der Waals surface area (Å²) in [5.74, 6) is 0.595. The van der Waals surface area contributed by atoms with E-state index in [4.69, 9.17) is 0 Å². The van der Waals surface area contributed by atoms with Gasteiger partial charge in [-0.25, -0.2) is 0 Å². The van der Waals surface area contributed by atoms with E-state index in [0.717, 1.165) is 6.54 Å². The second kappa shape index (κ2) is 7.61. The van der Waals surface area contributed by atoms with Gasteiger partial charge < -0.3 is 5.32 Å². The molecule has 20 heavy (non-hydrogen) atoms. The Hall–Kier alpha value is -1.12. The van der Waals surface area contributed by atoms with Gasteiger partial charge in [0.1, 0.15) is 0 Å². The van der Waals surface area contributed by atoms with Gasteiger partial charge in [-0.05, 0) is 53.6 Å². The molecule has 0 bridgehead atoms. The number of aryl methyl sites for hydroxylation is 2. The van der Waals surface area contributed by atoms with Crippen LogP contribution >= 0.6 is 11.3 Å². The topological polar surface area (TPSA) is 12.0 Å². The molecule has 0 spiro atoms. The number of benzene rings is 1. The van der Waals surface area contributed by atoms with Crippen molar-refractivity contribution in [3.8, 4) is 0 Å². The van der Waals surface area contributed by atoms with E-state index >= 15 is 0 Å². The molecule has 2 heteroatoms.